The maximum atomic E-state index is 12.0. The van der Waals surface area contributed by atoms with Crippen molar-refractivity contribution < 1.29 is 9.53 Å². The van der Waals surface area contributed by atoms with Crippen molar-refractivity contribution in [3.05, 3.63) is 46.4 Å². The number of ether oxygens (including phenoxy) is 1. The number of carbonyl (C=O) groups is 1. The molecule has 0 bridgehead atoms. The summed E-state index contributed by atoms with van der Waals surface area (Å²) >= 11 is 1.78. The smallest absolute Gasteiger partial charge is 0.315 e. The van der Waals surface area contributed by atoms with Crippen LogP contribution in [-0.2, 0) is 6.42 Å². The van der Waals surface area contributed by atoms with Gasteiger partial charge in [0, 0.05) is 11.1 Å². The number of hydrogen-bond acceptors (Lipinski definition) is 4. The first kappa shape index (κ1) is 14.8. The van der Waals surface area contributed by atoms with Gasteiger partial charge in [0.25, 0.3) is 0 Å². The molecule has 1 atom stereocenters. The number of aryl methyl sites for hydroxylation is 1. The number of pyridine rings is 1. The highest BCUT2D eigenvalue weighted by Crippen LogP contribution is 2.33. The lowest BCUT2D eigenvalue weighted by molar-refractivity contribution is 0.231. The van der Waals surface area contributed by atoms with Crippen LogP contribution in [0, 0.1) is 0 Å². The second kappa shape index (κ2) is 7.26. The van der Waals surface area contributed by atoms with Gasteiger partial charge in [0.1, 0.15) is 12.4 Å². The van der Waals surface area contributed by atoms with Crippen LogP contribution in [0.3, 0.4) is 0 Å². The van der Waals surface area contributed by atoms with Crippen LogP contribution in [0.2, 0.25) is 0 Å². The minimum absolute atomic E-state index is 0.134. The number of thiophene rings is 1. The van der Waals surface area contributed by atoms with E-state index < -0.39 is 0 Å². The Labute approximate surface area is 133 Å². The van der Waals surface area contributed by atoms with Crippen molar-refractivity contribution in [1.29, 1.82) is 0 Å². The van der Waals surface area contributed by atoms with Gasteiger partial charge in [-0.05, 0) is 48.4 Å². The summed E-state index contributed by atoms with van der Waals surface area (Å²) in [6.45, 7) is 0.886. The molecule has 116 valence electrons. The fourth-order valence-corrected chi connectivity index (χ4v) is 3.60. The Morgan fingerprint density at radius 2 is 2.41 bits per heavy atom. The van der Waals surface area contributed by atoms with Gasteiger partial charge in [-0.25, -0.2) is 4.79 Å². The van der Waals surface area contributed by atoms with Crippen molar-refractivity contribution in [3.63, 3.8) is 0 Å². The van der Waals surface area contributed by atoms with Gasteiger partial charge in [-0.1, -0.05) is 0 Å². The number of nitrogens with zero attached hydrogens (tertiary/aromatic N) is 1. The van der Waals surface area contributed by atoms with E-state index in [-0.39, 0.29) is 12.1 Å². The maximum absolute atomic E-state index is 12.0. The van der Waals surface area contributed by atoms with Crippen LogP contribution in [0.15, 0.2) is 36.0 Å². The van der Waals surface area contributed by atoms with Crippen LogP contribution >= 0.6 is 11.3 Å². The van der Waals surface area contributed by atoms with Crippen LogP contribution < -0.4 is 15.4 Å². The van der Waals surface area contributed by atoms with Gasteiger partial charge in [-0.3, -0.25) is 4.98 Å². The molecule has 2 heterocycles. The lowest BCUT2D eigenvalue weighted by atomic mass is 9.94. The van der Waals surface area contributed by atoms with Gasteiger partial charge >= 0.3 is 6.03 Å². The van der Waals surface area contributed by atoms with Crippen molar-refractivity contribution in [2.75, 3.05) is 13.2 Å². The first-order valence-corrected chi connectivity index (χ1v) is 8.34. The van der Waals surface area contributed by atoms with Crippen molar-refractivity contribution in [2.45, 2.75) is 25.3 Å². The van der Waals surface area contributed by atoms with E-state index >= 15 is 0 Å². The van der Waals surface area contributed by atoms with Crippen LogP contribution in [0.25, 0.3) is 0 Å². The van der Waals surface area contributed by atoms with Crippen molar-refractivity contribution in [1.82, 2.24) is 15.6 Å². The topological polar surface area (TPSA) is 63.2 Å². The number of nitrogens with one attached hydrogen (secondary N) is 2. The molecule has 0 saturated carbocycles. The quantitative estimate of drug-likeness (QED) is 0.834. The zero-order chi connectivity index (χ0) is 15.2. The van der Waals surface area contributed by atoms with Gasteiger partial charge < -0.3 is 15.4 Å². The number of rotatable bonds is 5. The van der Waals surface area contributed by atoms with Gasteiger partial charge in [0.2, 0.25) is 0 Å². The Morgan fingerprint density at radius 3 is 3.27 bits per heavy atom. The van der Waals surface area contributed by atoms with E-state index in [0.29, 0.717) is 18.9 Å². The molecule has 0 fully saturated rings. The molecule has 0 saturated heterocycles. The van der Waals surface area contributed by atoms with Gasteiger partial charge in [-0.2, -0.15) is 0 Å². The summed E-state index contributed by atoms with van der Waals surface area (Å²) in [6, 6.07) is 5.77. The molecule has 0 aromatic carbocycles. The SMILES string of the molecule is O=C(NCCOc1cccnc1)NC1CCCc2sccc21. The van der Waals surface area contributed by atoms with Gasteiger partial charge in [-0.15, -0.1) is 11.3 Å². The van der Waals surface area contributed by atoms with Crippen molar-refractivity contribution in [2.24, 2.45) is 0 Å². The fraction of sp³-hybridized carbons (Fsp3) is 0.375. The largest absolute Gasteiger partial charge is 0.490 e. The Morgan fingerprint density at radius 1 is 1.45 bits per heavy atom. The summed E-state index contributed by atoms with van der Waals surface area (Å²) in [5, 5.41) is 7.98. The molecule has 1 aliphatic carbocycles. The third-order valence-corrected chi connectivity index (χ3v) is 4.64. The normalized spacial score (nSPS) is 16.6. The highest BCUT2D eigenvalue weighted by molar-refractivity contribution is 7.10. The van der Waals surface area contributed by atoms with Gasteiger partial charge in [0.15, 0.2) is 0 Å². The fourth-order valence-electron chi connectivity index (χ4n) is 2.61. The zero-order valence-corrected chi connectivity index (χ0v) is 13.1. The molecule has 3 rings (SSSR count). The standard InChI is InChI=1S/C16H19N3O2S/c20-16(18-8-9-21-12-3-2-7-17-11-12)19-14-4-1-5-15-13(14)6-10-22-15/h2-3,6-7,10-11,14H,1,4-5,8-9H2,(H2,18,19,20). The maximum Gasteiger partial charge on any atom is 0.315 e. The summed E-state index contributed by atoms with van der Waals surface area (Å²) < 4.78 is 5.49. The number of fused-ring (bicyclic) bond motifs is 1. The number of urea groups is 1. The van der Waals surface area contributed by atoms with Crippen LogP contribution in [-0.4, -0.2) is 24.2 Å². The molecule has 0 aliphatic heterocycles. The molecule has 22 heavy (non-hydrogen) atoms. The Balaban J connectivity index is 1.40. The lowest BCUT2D eigenvalue weighted by Crippen LogP contribution is -2.40. The van der Waals surface area contributed by atoms with Crippen LogP contribution in [0.4, 0.5) is 4.79 Å². The van der Waals surface area contributed by atoms with Crippen LogP contribution in [0.1, 0.15) is 29.3 Å². The zero-order valence-electron chi connectivity index (χ0n) is 12.2. The van der Waals surface area contributed by atoms with E-state index in [1.165, 1.54) is 10.4 Å². The molecule has 1 unspecified atom stereocenters. The number of carbonyl (C=O) groups excluding carboxylic acids is 1. The molecular weight excluding hydrogens is 298 g/mol. The van der Waals surface area contributed by atoms with E-state index in [1.54, 1.807) is 23.7 Å². The highest BCUT2D eigenvalue weighted by Gasteiger charge is 2.22. The van der Waals surface area contributed by atoms with E-state index in [4.69, 9.17) is 4.74 Å². The van der Waals surface area contributed by atoms with E-state index in [1.807, 2.05) is 12.1 Å². The second-order valence-corrected chi connectivity index (χ2v) is 6.18. The number of aromatic nitrogens is 1. The Bertz CT molecular complexity index is 615. The average molecular weight is 317 g/mol. The summed E-state index contributed by atoms with van der Waals surface area (Å²) in [4.78, 5) is 17.3. The van der Waals surface area contributed by atoms with E-state index in [9.17, 15) is 4.79 Å². The van der Waals surface area contributed by atoms with Crippen molar-refractivity contribution >= 4 is 17.4 Å². The first-order valence-electron chi connectivity index (χ1n) is 7.46. The Kier molecular flexibility index (Phi) is 4.90. The molecule has 2 amide bonds. The molecular formula is C16H19N3O2S. The summed E-state index contributed by atoms with van der Waals surface area (Å²) in [7, 11) is 0. The molecule has 6 heteroatoms. The summed E-state index contributed by atoms with van der Waals surface area (Å²) in [5.41, 5.74) is 1.28. The third kappa shape index (κ3) is 3.76. The predicted octanol–water partition coefficient (Wildman–Crippen LogP) is 2.90. The average Bonchev–Trinajstić information content (AvgIpc) is 3.02. The summed E-state index contributed by atoms with van der Waals surface area (Å²) in [6.07, 6.45) is 6.61. The molecule has 0 radical (unpaired) electrons. The Hall–Kier alpha value is -2.08. The third-order valence-electron chi connectivity index (χ3n) is 3.65. The molecule has 2 aromatic rings. The predicted molar refractivity (Wildman–Crippen MR) is 86.3 cm³/mol. The lowest BCUT2D eigenvalue weighted by Gasteiger charge is -2.23. The van der Waals surface area contributed by atoms with Crippen molar-refractivity contribution in [3.8, 4) is 5.75 Å². The second-order valence-electron chi connectivity index (χ2n) is 5.18. The monoisotopic (exact) mass is 317 g/mol. The molecule has 2 aromatic heterocycles. The molecule has 2 N–H and O–H groups in total. The molecule has 5 nitrogen and oxygen atoms in total. The molecule has 1 aliphatic rings. The van der Waals surface area contributed by atoms with Crippen LogP contribution in [0.5, 0.6) is 5.75 Å². The summed E-state index contributed by atoms with van der Waals surface area (Å²) in [5.74, 6) is 0.708. The number of amides is 2. The highest BCUT2D eigenvalue weighted by atomic mass is 32.1. The van der Waals surface area contributed by atoms with E-state index in [0.717, 1.165) is 19.3 Å². The molecule has 0 spiro atoms. The minimum atomic E-state index is -0.140. The van der Waals surface area contributed by atoms with E-state index in [2.05, 4.69) is 27.1 Å². The minimum Gasteiger partial charge on any atom is -0.490 e. The number of hydrogen-bond donors (Lipinski definition) is 2. The first-order chi connectivity index (χ1) is 10.8. The van der Waals surface area contributed by atoms with Gasteiger partial charge in [0.05, 0.1) is 18.8 Å².